The first-order valence-corrected chi connectivity index (χ1v) is 10.2. The Bertz CT molecular complexity index is 973. The number of benzene rings is 1. The summed E-state index contributed by atoms with van der Waals surface area (Å²) >= 11 is 15.2. The summed E-state index contributed by atoms with van der Waals surface area (Å²) < 4.78 is 1.53. The summed E-state index contributed by atoms with van der Waals surface area (Å²) in [5.41, 5.74) is 0.194. The predicted molar refractivity (Wildman–Crippen MR) is 110 cm³/mol. The molecule has 0 atom stereocenters. The van der Waals surface area contributed by atoms with E-state index < -0.39 is 0 Å². The molecule has 2 heterocycles. The van der Waals surface area contributed by atoms with Crippen molar-refractivity contribution < 1.29 is 0 Å². The molecule has 0 amide bonds. The smallest absolute Gasteiger partial charge is 0.297 e. The van der Waals surface area contributed by atoms with Crippen molar-refractivity contribution in [1.29, 1.82) is 0 Å². The minimum Gasteiger partial charge on any atom is -0.333 e. The van der Waals surface area contributed by atoms with Crippen molar-refractivity contribution in [3.63, 3.8) is 0 Å². The van der Waals surface area contributed by atoms with Crippen molar-refractivity contribution in [1.82, 2.24) is 14.8 Å². The van der Waals surface area contributed by atoms with Crippen LogP contribution in [0.25, 0.3) is 0 Å². The van der Waals surface area contributed by atoms with Gasteiger partial charge in [0, 0.05) is 22.2 Å². The predicted octanol–water partition coefficient (Wildman–Crippen LogP) is 5.23. The maximum absolute atomic E-state index is 12.8. The molecular weight excluding hydrogens is 411 g/mol. The Balaban J connectivity index is 1.90. The Labute approximate surface area is 168 Å². The lowest BCUT2D eigenvalue weighted by Gasteiger charge is -2.12. The molecule has 26 heavy (non-hydrogen) atoms. The summed E-state index contributed by atoms with van der Waals surface area (Å²) in [6.45, 7) is 4.05. The maximum Gasteiger partial charge on any atom is 0.297 e. The molecule has 3 rings (SSSR count). The Kier molecular flexibility index (Phi) is 6.37. The van der Waals surface area contributed by atoms with Crippen LogP contribution in [0, 0.1) is 0 Å². The van der Waals surface area contributed by atoms with Gasteiger partial charge in [0.05, 0.1) is 10.7 Å². The average molecular weight is 425 g/mol. The molecule has 0 bridgehead atoms. The van der Waals surface area contributed by atoms with Gasteiger partial charge >= 0.3 is 0 Å². The minimum absolute atomic E-state index is 0.0801. The summed E-state index contributed by atoms with van der Waals surface area (Å²) in [5.74, 6) is 0.798. The zero-order valence-corrected chi connectivity index (χ0v) is 16.6. The third kappa shape index (κ3) is 4.48. The first-order valence-electron chi connectivity index (χ1n) is 7.54. The lowest BCUT2D eigenvalue weighted by atomic mass is 10.3. The Morgan fingerprint density at radius 3 is 2.88 bits per heavy atom. The molecule has 0 aliphatic rings. The summed E-state index contributed by atoms with van der Waals surface area (Å²) in [6.07, 6.45) is 1.65. The molecule has 0 spiro atoms. The topological polar surface area (TPSA) is 59.8 Å². The van der Waals surface area contributed by atoms with Crippen LogP contribution in [-0.4, -0.2) is 14.8 Å². The van der Waals surface area contributed by atoms with Gasteiger partial charge in [-0.3, -0.25) is 9.36 Å². The number of anilines is 2. The van der Waals surface area contributed by atoms with Gasteiger partial charge in [0.2, 0.25) is 5.82 Å². The van der Waals surface area contributed by atoms with Crippen molar-refractivity contribution in [3.05, 3.63) is 73.6 Å². The maximum atomic E-state index is 12.8. The number of hydrogen-bond acceptors (Lipinski definition) is 6. The molecule has 0 saturated heterocycles. The van der Waals surface area contributed by atoms with E-state index in [2.05, 4.69) is 22.1 Å². The highest BCUT2D eigenvalue weighted by Gasteiger charge is 2.14. The summed E-state index contributed by atoms with van der Waals surface area (Å²) in [7, 11) is 0. The number of hydrogen-bond donors (Lipinski definition) is 1. The van der Waals surface area contributed by atoms with E-state index in [1.165, 1.54) is 21.2 Å². The van der Waals surface area contributed by atoms with Gasteiger partial charge in [-0.05, 0) is 29.6 Å². The van der Waals surface area contributed by atoms with E-state index in [9.17, 15) is 4.79 Å². The van der Waals surface area contributed by atoms with Crippen LogP contribution >= 0.6 is 46.3 Å². The van der Waals surface area contributed by atoms with Gasteiger partial charge < -0.3 is 5.32 Å². The van der Waals surface area contributed by atoms with E-state index in [0.717, 1.165) is 5.75 Å². The quantitative estimate of drug-likeness (QED) is 0.415. The molecule has 1 N–H and O–H groups in total. The third-order valence-corrected chi connectivity index (χ3v) is 5.97. The van der Waals surface area contributed by atoms with Gasteiger partial charge in [0.15, 0.2) is 5.16 Å². The van der Waals surface area contributed by atoms with E-state index in [4.69, 9.17) is 23.2 Å². The van der Waals surface area contributed by atoms with Crippen molar-refractivity contribution in [2.45, 2.75) is 17.5 Å². The van der Waals surface area contributed by atoms with Crippen molar-refractivity contribution in [3.8, 4) is 0 Å². The van der Waals surface area contributed by atoms with Crippen molar-refractivity contribution in [2.24, 2.45) is 0 Å². The number of nitrogens with one attached hydrogen (secondary N) is 1. The average Bonchev–Trinajstić information content (AvgIpc) is 3.14. The highest BCUT2D eigenvalue weighted by molar-refractivity contribution is 7.98. The van der Waals surface area contributed by atoms with Gasteiger partial charge in [-0.2, -0.15) is 0 Å². The van der Waals surface area contributed by atoms with E-state index in [0.29, 0.717) is 27.4 Å². The second kappa shape index (κ2) is 8.73. The van der Waals surface area contributed by atoms with Gasteiger partial charge in [-0.25, -0.2) is 0 Å². The zero-order chi connectivity index (χ0) is 18.5. The SMILES string of the molecule is C=CCn1c(SCc2cccs2)nnc(Nc2cc(Cl)ccc2Cl)c1=O. The lowest BCUT2D eigenvalue weighted by Crippen LogP contribution is -2.26. The molecule has 0 aliphatic heterocycles. The Morgan fingerprint density at radius 2 is 2.15 bits per heavy atom. The molecule has 2 aromatic heterocycles. The second-order valence-corrected chi connectivity index (χ2v) is 7.97. The van der Waals surface area contributed by atoms with Crippen LogP contribution in [0.2, 0.25) is 10.0 Å². The Morgan fingerprint density at radius 1 is 1.31 bits per heavy atom. The number of rotatable bonds is 7. The Hall–Kier alpha value is -1.80. The summed E-state index contributed by atoms with van der Waals surface area (Å²) in [4.78, 5) is 14.0. The third-order valence-electron chi connectivity index (χ3n) is 3.33. The summed E-state index contributed by atoms with van der Waals surface area (Å²) in [5, 5.41) is 14.6. The fraction of sp³-hybridized carbons (Fsp3) is 0.118. The molecule has 3 aromatic rings. The highest BCUT2D eigenvalue weighted by atomic mass is 35.5. The van der Waals surface area contributed by atoms with Gasteiger partial charge in [-0.15, -0.1) is 28.1 Å². The van der Waals surface area contributed by atoms with Gasteiger partial charge in [0.25, 0.3) is 5.56 Å². The second-order valence-electron chi connectivity index (χ2n) is 5.15. The van der Waals surface area contributed by atoms with Crippen LogP contribution in [0.5, 0.6) is 0 Å². The first kappa shape index (κ1) is 19.0. The molecule has 1 aromatic carbocycles. The molecule has 134 valence electrons. The standard InChI is InChI=1S/C17H14Cl2N4OS2/c1-2-7-23-16(24)15(20-14-9-11(18)5-6-13(14)19)21-22-17(23)26-10-12-4-3-8-25-12/h2-6,8-9H,1,7,10H2,(H,20,21). The normalized spacial score (nSPS) is 10.7. The van der Waals surface area contributed by atoms with E-state index in [-0.39, 0.29) is 11.4 Å². The summed E-state index contributed by atoms with van der Waals surface area (Å²) in [6, 6.07) is 8.97. The van der Waals surface area contributed by atoms with Crippen LogP contribution in [0.1, 0.15) is 4.88 Å². The first-order chi connectivity index (χ1) is 12.6. The van der Waals surface area contributed by atoms with Crippen LogP contribution in [0.3, 0.4) is 0 Å². The number of allylic oxidation sites excluding steroid dienone is 1. The van der Waals surface area contributed by atoms with Crippen LogP contribution in [0.15, 0.2) is 58.3 Å². The number of halogens is 2. The van der Waals surface area contributed by atoms with E-state index in [1.54, 1.807) is 35.6 Å². The van der Waals surface area contributed by atoms with Crippen LogP contribution in [-0.2, 0) is 12.3 Å². The number of nitrogens with zero attached hydrogens (tertiary/aromatic N) is 3. The van der Waals surface area contributed by atoms with Crippen molar-refractivity contribution in [2.75, 3.05) is 5.32 Å². The number of aromatic nitrogens is 3. The molecule has 0 fully saturated rings. The van der Waals surface area contributed by atoms with E-state index >= 15 is 0 Å². The molecule has 0 aliphatic carbocycles. The molecule has 0 unspecified atom stereocenters. The number of thiophene rings is 1. The molecule has 5 nitrogen and oxygen atoms in total. The monoisotopic (exact) mass is 424 g/mol. The molecular formula is C17H14Cl2N4OS2. The van der Waals surface area contributed by atoms with Gasteiger partial charge in [-0.1, -0.05) is 47.1 Å². The molecule has 0 saturated carbocycles. The van der Waals surface area contributed by atoms with Crippen molar-refractivity contribution >= 4 is 57.8 Å². The largest absolute Gasteiger partial charge is 0.333 e. The fourth-order valence-electron chi connectivity index (χ4n) is 2.13. The number of thioether (sulfide) groups is 1. The van der Waals surface area contributed by atoms with Crippen LogP contribution in [0.4, 0.5) is 11.5 Å². The molecule has 9 heteroatoms. The van der Waals surface area contributed by atoms with Gasteiger partial charge in [0.1, 0.15) is 0 Å². The zero-order valence-electron chi connectivity index (χ0n) is 13.5. The fourth-order valence-corrected chi connectivity index (χ4v) is 4.19. The highest BCUT2D eigenvalue weighted by Crippen LogP contribution is 2.27. The molecule has 0 radical (unpaired) electrons. The minimum atomic E-state index is -0.301. The lowest BCUT2D eigenvalue weighted by molar-refractivity contribution is 0.626. The van der Waals surface area contributed by atoms with Crippen LogP contribution < -0.4 is 10.9 Å². The van der Waals surface area contributed by atoms with E-state index in [1.807, 2.05) is 17.5 Å².